The minimum atomic E-state index is -0.983. The van der Waals surface area contributed by atoms with Crippen LogP contribution in [0.1, 0.15) is 11.1 Å². The first-order chi connectivity index (χ1) is 8.22. The summed E-state index contributed by atoms with van der Waals surface area (Å²) in [6.07, 6.45) is 2.57. The van der Waals surface area contributed by atoms with Crippen LogP contribution in [0.15, 0.2) is 35.5 Å². The second kappa shape index (κ2) is 6.72. The maximum Gasteiger partial charge on any atom is 0.328 e. The van der Waals surface area contributed by atoms with Gasteiger partial charge in [0.05, 0.1) is 6.54 Å². The third-order valence-corrected chi connectivity index (χ3v) is 1.77. The van der Waals surface area contributed by atoms with Crippen LogP contribution >= 0.6 is 0 Å². The van der Waals surface area contributed by atoms with E-state index in [0.29, 0.717) is 0 Å². The van der Waals surface area contributed by atoms with Crippen LogP contribution in [0.5, 0.6) is 0 Å². The van der Waals surface area contributed by atoms with Crippen LogP contribution in [0, 0.1) is 11.8 Å². The fourth-order valence-electron chi connectivity index (χ4n) is 1.05. The van der Waals surface area contributed by atoms with Crippen molar-refractivity contribution in [2.24, 2.45) is 5.11 Å². The SMILES string of the molecule is [N-]=[N+]=NCC#Cc1ccc(/C=C/C(=O)O)cc1. The Bertz CT molecular complexity index is 529. The van der Waals surface area contributed by atoms with Crippen molar-refractivity contribution in [3.63, 3.8) is 0 Å². The van der Waals surface area contributed by atoms with E-state index in [1.54, 1.807) is 24.3 Å². The topological polar surface area (TPSA) is 86.1 Å². The van der Waals surface area contributed by atoms with E-state index in [1.807, 2.05) is 0 Å². The molecule has 0 aliphatic heterocycles. The molecule has 17 heavy (non-hydrogen) atoms. The molecule has 0 bridgehead atoms. The van der Waals surface area contributed by atoms with E-state index in [9.17, 15) is 4.79 Å². The second-order valence-electron chi connectivity index (χ2n) is 2.98. The largest absolute Gasteiger partial charge is 0.478 e. The standard InChI is InChI=1S/C12H9N3O2/c13-15-14-9-1-2-10-3-5-11(6-4-10)7-8-12(16)17/h3-8H,9H2,(H,16,17)/b8-7+. The molecule has 0 aromatic heterocycles. The zero-order valence-electron chi connectivity index (χ0n) is 8.87. The highest BCUT2D eigenvalue weighted by Crippen LogP contribution is 2.05. The quantitative estimate of drug-likeness (QED) is 0.282. The molecule has 0 aliphatic carbocycles. The van der Waals surface area contributed by atoms with Gasteiger partial charge in [0.2, 0.25) is 0 Å². The minimum Gasteiger partial charge on any atom is -0.478 e. The molecule has 84 valence electrons. The Morgan fingerprint density at radius 1 is 1.47 bits per heavy atom. The first kappa shape index (κ1) is 12.4. The molecule has 0 spiro atoms. The van der Waals surface area contributed by atoms with Crippen molar-refractivity contribution < 1.29 is 9.90 Å². The predicted molar refractivity (Wildman–Crippen MR) is 64.0 cm³/mol. The molecular formula is C12H9N3O2. The van der Waals surface area contributed by atoms with E-state index >= 15 is 0 Å². The van der Waals surface area contributed by atoms with Crippen LogP contribution in [0.4, 0.5) is 0 Å². The molecule has 0 saturated carbocycles. The number of nitrogens with zero attached hydrogens (tertiary/aromatic N) is 3. The van der Waals surface area contributed by atoms with Crippen molar-refractivity contribution in [1.82, 2.24) is 0 Å². The molecule has 0 atom stereocenters. The normalized spacial score (nSPS) is 9.18. The highest BCUT2D eigenvalue weighted by Gasteiger charge is 1.90. The van der Waals surface area contributed by atoms with Crippen LogP contribution in [0.3, 0.4) is 0 Å². The smallest absolute Gasteiger partial charge is 0.328 e. The fraction of sp³-hybridized carbons (Fsp3) is 0.0833. The average molecular weight is 227 g/mol. The molecule has 1 aromatic rings. The van der Waals surface area contributed by atoms with Gasteiger partial charge < -0.3 is 5.11 Å². The number of benzene rings is 1. The van der Waals surface area contributed by atoms with Crippen LogP contribution in [0.25, 0.3) is 16.5 Å². The minimum absolute atomic E-state index is 0.136. The van der Waals surface area contributed by atoms with E-state index in [0.717, 1.165) is 17.2 Å². The number of carboxylic acids is 1. The Morgan fingerprint density at radius 3 is 2.76 bits per heavy atom. The third-order valence-electron chi connectivity index (χ3n) is 1.77. The Labute approximate surface area is 98.0 Å². The van der Waals surface area contributed by atoms with Gasteiger partial charge in [-0.2, -0.15) is 0 Å². The highest BCUT2D eigenvalue weighted by atomic mass is 16.4. The summed E-state index contributed by atoms with van der Waals surface area (Å²) in [7, 11) is 0. The maximum absolute atomic E-state index is 10.3. The van der Waals surface area contributed by atoms with Crippen molar-refractivity contribution in [3.05, 3.63) is 51.9 Å². The van der Waals surface area contributed by atoms with Crippen molar-refractivity contribution in [1.29, 1.82) is 0 Å². The summed E-state index contributed by atoms with van der Waals surface area (Å²) in [4.78, 5) is 12.9. The van der Waals surface area contributed by atoms with E-state index in [1.165, 1.54) is 6.08 Å². The molecule has 0 heterocycles. The van der Waals surface area contributed by atoms with Gasteiger partial charge in [0.1, 0.15) is 0 Å². The lowest BCUT2D eigenvalue weighted by molar-refractivity contribution is -0.131. The summed E-state index contributed by atoms with van der Waals surface area (Å²) >= 11 is 0. The molecule has 0 fully saturated rings. The lowest BCUT2D eigenvalue weighted by atomic mass is 10.1. The summed E-state index contributed by atoms with van der Waals surface area (Å²) in [5.74, 6) is 4.52. The Morgan fingerprint density at radius 2 is 2.18 bits per heavy atom. The molecule has 0 aliphatic rings. The van der Waals surface area contributed by atoms with E-state index in [-0.39, 0.29) is 6.54 Å². The van der Waals surface area contributed by atoms with E-state index < -0.39 is 5.97 Å². The summed E-state index contributed by atoms with van der Waals surface area (Å²) < 4.78 is 0. The average Bonchev–Trinajstić information content (AvgIpc) is 2.33. The van der Waals surface area contributed by atoms with Gasteiger partial charge in [-0.05, 0) is 29.3 Å². The van der Waals surface area contributed by atoms with Gasteiger partial charge in [0.25, 0.3) is 0 Å². The lowest BCUT2D eigenvalue weighted by Gasteiger charge is -1.93. The van der Waals surface area contributed by atoms with Gasteiger partial charge in [-0.1, -0.05) is 29.1 Å². The molecule has 1 aromatic carbocycles. The van der Waals surface area contributed by atoms with E-state index in [4.69, 9.17) is 10.6 Å². The molecule has 0 saturated heterocycles. The molecule has 5 heteroatoms. The molecule has 1 rings (SSSR count). The van der Waals surface area contributed by atoms with Gasteiger partial charge >= 0.3 is 5.97 Å². The monoisotopic (exact) mass is 227 g/mol. The number of carbonyl (C=O) groups is 1. The van der Waals surface area contributed by atoms with Crippen LogP contribution < -0.4 is 0 Å². The molecule has 0 amide bonds. The Hall–Kier alpha value is -2.70. The van der Waals surface area contributed by atoms with E-state index in [2.05, 4.69) is 21.9 Å². The summed E-state index contributed by atoms with van der Waals surface area (Å²) in [6.45, 7) is 0.136. The highest BCUT2D eigenvalue weighted by molar-refractivity contribution is 5.85. The van der Waals surface area contributed by atoms with Gasteiger partial charge in [-0.3, -0.25) is 0 Å². The lowest BCUT2D eigenvalue weighted by Crippen LogP contribution is -1.85. The number of rotatable bonds is 3. The number of hydrogen-bond donors (Lipinski definition) is 1. The maximum atomic E-state index is 10.3. The van der Waals surface area contributed by atoms with Crippen molar-refractivity contribution in [2.75, 3.05) is 6.54 Å². The first-order valence-electron chi connectivity index (χ1n) is 4.73. The fourth-order valence-corrected chi connectivity index (χ4v) is 1.05. The van der Waals surface area contributed by atoms with Crippen LogP contribution in [-0.2, 0) is 4.79 Å². The summed E-state index contributed by atoms with van der Waals surface area (Å²) in [6, 6.07) is 7.06. The molecule has 0 radical (unpaired) electrons. The number of hydrogen-bond acceptors (Lipinski definition) is 2. The second-order valence-corrected chi connectivity index (χ2v) is 2.98. The van der Waals surface area contributed by atoms with Crippen LogP contribution in [-0.4, -0.2) is 17.6 Å². The van der Waals surface area contributed by atoms with Gasteiger partial charge in [0.15, 0.2) is 0 Å². The van der Waals surface area contributed by atoms with Gasteiger partial charge in [0, 0.05) is 16.6 Å². The van der Waals surface area contributed by atoms with Crippen molar-refractivity contribution in [2.45, 2.75) is 0 Å². The summed E-state index contributed by atoms with van der Waals surface area (Å²) in [5, 5.41) is 11.7. The predicted octanol–water partition coefficient (Wildman–Crippen LogP) is 2.45. The zero-order valence-corrected chi connectivity index (χ0v) is 8.87. The molecular weight excluding hydrogens is 218 g/mol. The number of azide groups is 1. The number of carboxylic acid groups (broad SMARTS) is 1. The zero-order chi connectivity index (χ0) is 12.5. The first-order valence-corrected chi connectivity index (χ1v) is 4.73. The number of aliphatic carboxylic acids is 1. The van der Waals surface area contributed by atoms with Crippen molar-refractivity contribution in [3.8, 4) is 11.8 Å². The Balaban J connectivity index is 2.70. The molecule has 5 nitrogen and oxygen atoms in total. The van der Waals surface area contributed by atoms with Gasteiger partial charge in [-0.25, -0.2) is 4.79 Å². The molecule has 1 N–H and O–H groups in total. The molecule has 0 unspecified atom stereocenters. The van der Waals surface area contributed by atoms with Crippen molar-refractivity contribution >= 4 is 12.0 Å². The van der Waals surface area contributed by atoms with Crippen LogP contribution in [0.2, 0.25) is 0 Å². The third kappa shape index (κ3) is 5.07. The Kier molecular flexibility index (Phi) is 4.89. The summed E-state index contributed by atoms with van der Waals surface area (Å²) in [5.41, 5.74) is 9.61. The van der Waals surface area contributed by atoms with Gasteiger partial charge in [-0.15, -0.1) is 0 Å².